The molecule has 1 aromatic rings. The first kappa shape index (κ1) is 16.1. The van der Waals surface area contributed by atoms with Crippen LogP contribution in [0.4, 0.5) is 0 Å². The van der Waals surface area contributed by atoms with Crippen molar-refractivity contribution in [2.24, 2.45) is 11.1 Å². The minimum Gasteiger partial charge on any atom is -0.466 e. The number of aromatic nitrogens is 1. The lowest BCUT2D eigenvalue weighted by atomic mass is 9.80. The number of nitrogens with zero attached hydrogens (tertiary/aromatic N) is 1. The summed E-state index contributed by atoms with van der Waals surface area (Å²) in [6.07, 6.45) is 2.22. The Bertz CT molecular complexity index is 412. The summed E-state index contributed by atoms with van der Waals surface area (Å²) in [5.41, 5.74) is 6.30. The molecule has 19 heavy (non-hydrogen) atoms. The Morgan fingerprint density at radius 3 is 2.53 bits per heavy atom. The van der Waals surface area contributed by atoms with E-state index < -0.39 is 5.41 Å². The fourth-order valence-corrected chi connectivity index (χ4v) is 3.27. The van der Waals surface area contributed by atoms with Gasteiger partial charge >= 0.3 is 5.97 Å². The Morgan fingerprint density at radius 2 is 2.11 bits per heavy atom. The molecule has 1 unspecified atom stereocenters. The Morgan fingerprint density at radius 1 is 1.42 bits per heavy atom. The highest BCUT2D eigenvalue weighted by Crippen LogP contribution is 2.32. The van der Waals surface area contributed by atoms with Gasteiger partial charge in [0.25, 0.3) is 0 Å². The minimum atomic E-state index is -0.624. The molecule has 4 nitrogen and oxygen atoms in total. The predicted octanol–water partition coefficient (Wildman–Crippen LogP) is 2.61. The standard InChI is InChI=1S/C14H24N2O2S/c1-5-7-14(9-15,13(17)18-6-2)8-12-16-10(3)11(4)19-12/h5-9,15H2,1-4H3. The van der Waals surface area contributed by atoms with Gasteiger partial charge in [0.15, 0.2) is 0 Å². The van der Waals surface area contributed by atoms with Gasteiger partial charge in [-0.1, -0.05) is 13.3 Å². The van der Waals surface area contributed by atoms with Crippen LogP contribution in [0.15, 0.2) is 0 Å². The van der Waals surface area contributed by atoms with Gasteiger partial charge in [-0.05, 0) is 27.2 Å². The zero-order valence-corrected chi connectivity index (χ0v) is 13.1. The second-order valence-corrected chi connectivity index (χ2v) is 6.17. The SMILES string of the molecule is CCCC(CN)(Cc1nc(C)c(C)s1)C(=O)OCC. The molecule has 0 saturated heterocycles. The van der Waals surface area contributed by atoms with Gasteiger partial charge in [-0.15, -0.1) is 11.3 Å². The van der Waals surface area contributed by atoms with Gasteiger partial charge in [0.1, 0.15) is 0 Å². The summed E-state index contributed by atoms with van der Waals surface area (Å²) < 4.78 is 5.22. The van der Waals surface area contributed by atoms with Gasteiger partial charge in [0.05, 0.1) is 22.7 Å². The number of hydrogen-bond acceptors (Lipinski definition) is 5. The Balaban J connectivity index is 2.98. The normalized spacial score (nSPS) is 14.2. The second kappa shape index (κ2) is 7.01. The molecule has 5 heteroatoms. The topological polar surface area (TPSA) is 65.2 Å². The molecule has 1 atom stereocenters. The molecular weight excluding hydrogens is 260 g/mol. The van der Waals surface area contributed by atoms with E-state index in [0.29, 0.717) is 19.6 Å². The fraction of sp³-hybridized carbons (Fsp3) is 0.714. The number of thiazole rings is 1. The molecule has 108 valence electrons. The van der Waals surface area contributed by atoms with Crippen LogP contribution in [0.1, 0.15) is 42.3 Å². The first-order valence-electron chi connectivity index (χ1n) is 6.79. The lowest BCUT2D eigenvalue weighted by Crippen LogP contribution is -2.42. The van der Waals surface area contributed by atoms with E-state index in [1.807, 2.05) is 20.8 Å². The van der Waals surface area contributed by atoms with Gasteiger partial charge < -0.3 is 10.5 Å². The quantitative estimate of drug-likeness (QED) is 0.782. The summed E-state index contributed by atoms with van der Waals surface area (Å²) >= 11 is 1.64. The van der Waals surface area contributed by atoms with Crippen molar-refractivity contribution < 1.29 is 9.53 Å². The summed E-state index contributed by atoms with van der Waals surface area (Å²) in [4.78, 5) is 18.0. The Hall–Kier alpha value is -0.940. The summed E-state index contributed by atoms with van der Waals surface area (Å²) in [7, 11) is 0. The molecule has 0 aliphatic rings. The maximum Gasteiger partial charge on any atom is 0.313 e. The maximum absolute atomic E-state index is 12.3. The van der Waals surface area contributed by atoms with Crippen molar-refractivity contribution in [1.82, 2.24) is 4.98 Å². The van der Waals surface area contributed by atoms with Crippen LogP contribution in [0.5, 0.6) is 0 Å². The number of rotatable bonds is 7. The molecule has 1 aromatic heterocycles. The van der Waals surface area contributed by atoms with Crippen LogP contribution >= 0.6 is 11.3 Å². The van der Waals surface area contributed by atoms with E-state index in [1.165, 1.54) is 4.88 Å². The molecule has 0 bridgehead atoms. The van der Waals surface area contributed by atoms with Crippen molar-refractivity contribution in [2.75, 3.05) is 13.2 Å². The first-order valence-corrected chi connectivity index (χ1v) is 7.61. The number of hydrogen-bond donors (Lipinski definition) is 1. The molecule has 0 aliphatic heterocycles. The summed E-state index contributed by atoms with van der Waals surface area (Å²) in [5.74, 6) is -0.190. The number of aryl methyl sites for hydroxylation is 2. The van der Waals surface area contributed by atoms with Crippen molar-refractivity contribution in [3.05, 3.63) is 15.6 Å². The molecule has 0 saturated carbocycles. The minimum absolute atomic E-state index is 0.190. The molecule has 0 radical (unpaired) electrons. The molecular formula is C14H24N2O2S. The highest BCUT2D eigenvalue weighted by Gasteiger charge is 2.39. The van der Waals surface area contributed by atoms with Crippen LogP contribution in [0, 0.1) is 19.3 Å². The number of carbonyl (C=O) groups is 1. The third-order valence-corrected chi connectivity index (χ3v) is 4.46. The molecule has 1 rings (SSSR count). The molecule has 0 aliphatic carbocycles. The van der Waals surface area contributed by atoms with E-state index in [2.05, 4.69) is 11.9 Å². The number of carbonyl (C=O) groups excluding carboxylic acids is 1. The fourth-order valence-electron chi connectivity index (χ4n) is 2.19. The van der Waals surface area contributed by atoms with Gasteiger partial charge in [-0.2, -0.15) is 0 Å². The Labute approximate surface area is 119 Å². The van der Waals surface area contributed by atoms with Crippen molar-refractivity contribution in [1.29, 1.82) is 0 Å². The van der Waals surface area contributed by atoms with Crippen LogP contribution in [0.25, 0.3) is 0 Å². The monoisotopic (exact) mass is 284 g/mol. The summed E-state index contributed by atoms with van der Waals surface area (Å²) in [5, 5.41) is 0.974. The van der Waals surface area contributed by atoms with E-state index in [-0.39, 0.29) is 5.97 Å². The summed E-state index contributed by atoms with van der Waals surface area (Å²) in [6.45, 7) is 8.61. The molecule has 2 N–H and O–H groups in total. The van der Waals surface area contributed by atoms with Gasteiger partial charge in [0, 0.05) is 17.8 Å². The third-order valence-electron chi connectivity index (χ3n) is 3.39. The van der Waals surface area contributed by atoms with Crippen molar-refractivity contribution in [2.45, 2.75) is 47.0 Å². The first-order chi connectivity index (χ1) is 8.99. The highest BCUT2D eigenvalue weighted by atomic mass is 32.1. The van der Waals surface area contributed by atoms with Crippen LogP contribution in [-0.4, -0.2) is 24.1 Å². The lowest BCUT2D eigenvalue weighted by Gasteiger charge is -2.28. The van der Waals surface area contributed by atoms with Crippen molar-refractivity contribution in [3.63, 3.8) is 0 Å². The molecule has 0 fully saturated rings. The van der Waals surface area contributed by atoms with Crippen LogP contribution < -0.4 is 5.73 Å². The smallest absolute Gasteiger partial charge is 0.313 e. The predicted molar refractivity (Wildman–Crippen MR) is 78.3 cm³/mol. The van der Waals surface area contributed by atoms with Gasteiger partial charge in [0.2, 0.25) is 0 Å². The van der Waals surface area contributed by atoms with E-state index in [4.69, 9.17) is 10.5 Å². The highest BCUT2D eigenvalue weighted by molar-refractivity contribution is 7.11. The average Bonchev–Trinajstić information content (AvgIpc) is 2.67. The van der Waals surface area contributed by atoms with Crippen LogP contribution in [0.3, 0.4) is 0 Å². The van der Waals surface area contributed by atoms with Crippen LogP contribution in [0.2, 0.25) is 0 Å². The summed E-state index contributed by atoms with van der Waals surface area (Å²) in [6, 6.07) is 0. The molecule has 1 heterocycles. The van der Waals surface area contributed by atoms with Gasteiger partial charge in [-0.25, -0.2) is 4.98 Å². The van der Waals surface area contributed by atoms with E-state index >= 15 is 0 Å². The largest absolute Gasteiger partial charge is 0.466 e. The number of esters is 1. The molecule has 0 amide bonds. The second-order valence-electron chi connectivity index (χ2n) is 4.88. The molecule has 0 aromatic carbocycles. The van der Waals surface area contributed by atoms with Crippen LogP contribution in [-0.2, 0) is 16.0 Å². The number of ether oxygens (including phenoxy) is 1. The zero-order valence-electron chi connectivity index (χ0n) is 12.3. The zero-order chi connectivity index (χ0) is 14.5. The lowest BCUT2D eigenvalue weighted by molar-refractivity contribution is -0.155. The van der Waals surface area contributed by atoms with Crippen molar-refractivity contribution in [3.8, 4) is 0 Å². The Kier molecular flexibility index (Phi) is 5.94. The van der Waals surface area contributed by atoms with Crippen molar-refractivity contribution >= 4 is 17.3 Å². The third kappa shape index (κ3) is 3.76. The average molecular weight is 284 g/mol. The maximum atomic E-state index is 12.3. The van der Waals surface area contributed by atoms with E-state index in [9.17, 15) is 4.79 Å². The van der Waals surface area contributed by atoms with Gasteiger partial charge in [-0.3, -0.25) is 4.79 Å². The molecule has 0 spiro atoms. The van der Waals surface area contributed by atoms with E-state index in [1.54, 1.807) is 11.3 Å². The number of nitrogens with two attached hydrogens (primary N) is 1. The van der Waals surface area contributed by atoms with E-state index in [0.717, 1.165) is 23.5 Å².